The number of anilines is 1. The minimum absolute atomic E-state index is 0.202. The molecule has 0 bridgehead atoms. The molecule has 0 saturated heterocycles. The number of imidazole rings is 1. The molecule has 0 atom stereocenters. The van der Waals surface area contributed by atoms with Crippen LogP contribution in [0.15, 0.2) is 23.0 Å². The molecule has 0 fully saturated rings. The van der Waals surface area contributed by atoms with Gasteiger partial charge in [0.15, 0.2) is 0 Å². The normalized spacial score (nSPS) is 11.0. The lowest BCUT2D eigenvalue weighted by molar-refractivity contribution is 0.370. The van der Waals surface area contributed by atoms with Gasteiger partial charge in [-0.05, 0) is 25.1 Å². The fourth-order valence-corrected chi connectivity index (χ4v) is 2.47. The predicted octanol–water partition coefficient (Wildman–Crippen LogP) is 1.52. The van der Waals surface area contributed by atoms with Crippen molar-refractivity contribution in [2.75, 3.05) is 12.4 Å². The molecule has 0 spiro atoms. The number of benzene rings is 1. The van der Waals surface area contributed by atoms with Gasteiger partial charge in [-0.15, -0.1) is 0 Å². The second-order valence-corrected chi connectivity index (χ2v) is 4.89. The lowest BCUT2D eigenvalue weighted by Crippen LogP contribution is -2.03. The number of nitrogens with zero attached hydrogens (tertiary/aromatic N) is 2. The van der Waals surface area contributed by atoms with Crippen LogP contribution < -0.4 is 15.7 Å². The predicted molar refractivity (Wildman–Crippen MR) is 80.7 cm³/mol. The first-order chi connectivity index (χ1) is 10.1. The Morgan fingerprint density at radius 2 is 2.10 bits per heavy atom. The molecule has 0 aliphatic carbocycles. The van der Waals surface area contributed by atoms with Crippen molar-refractivity contribution in [2.24, 2.45) is 7.05 Å². The van der Waals surface area contributed by atoms with Gasteiger partial charge in [0.05, 0.1) is 29.4 Å². The monoisotopic (exact) mass is 287 g/mol. The Kier molecular flexibility index (Phi) is 3.17. The number of aryl methyl sites for hydroxylation is 2. The molecule has 0 aliphatic heterocycles. The molecule has 7 nitrogen and oxygen atoms in total. The summed E-state index contributed by atoms with van der Waals surface area (Å²) in [6.45, 7) is 2.55. The largest absolute Gasteiger partial charge is 0.481 e. The third kappa shape index (κ3) is 2.37. The van der Waals surface area contributed by atoms with Gasteiger partial charge >= 0.3 is 5.69 Å². The summed E-state index contributed by atoms with van der Waals surface area (Å²) in [7, 11) is 3.49. The van der Waals surface area contributed by atoms with Gasteiger partial charge in [-0.2, -0.15) is 5.10 Å². The summed E-state index contributed by atoms with van der Waals surface area (Å²) < 4.78 is 7.09. The van der Waals surface area contributed by atoms with Crippen LogP contribution in [0.25, 0.3) is 11.0 Å². The van der Waals surface area contributed by atoms with E-state index in [1.807, 2.05) is 32.2 Å². The third-order valence-electron chi connectivity index (χ3n) is 3.47. The highest BCUT2D eigenvalue weighted by molar-refractivity contribution is 5.78. The van der Waals surface area contributed by atoms with Crippen molar-refractivity contribution >= 4 is 16.7 Å². The smallest absolute Gasteiger partial charge is 0.323 e. The second kappa shape index (κ2) is 5.01. The van der Waals surface area contributed by atoms with Gasteiger partial charge in [0, 0.05) is 19.3 Å². The molecule has 21 heavy (non-hydrogen) atoms. The highest BCUT2D eigenvalue weighted by atomic mass is 16.5. The summed E-state index contributed by atoms with van der Waals surface area (Å²) in [6.07, 6.45) is 0. The maximum absolute atomic E-state index is 11.3. The molecular weight excluding hydrogens is 270 g/mol. The number of fused-ring (bicyclic) bond motifs is 1. The van der Waals surface area contributed by atoms with E-state index in [-0.39, 0.29) is 5.69 Å². The van der Waals surface area contributed by atoms with Crippen LogP contribution in [0.4, 0.5) is 5.69 Å². The van der Waals surface area contributed by atoms with E-state index in [0.717, 1.165) is 33.9 Å². The van der Waals surface area contributed by atoms with E-state index in [1.165, 1.54) is 0 Å². The van der Waals surface area contributed by atoms with E-state index in [9.17, 15) is 4.79 Å². The van der Waals surface area contributed by atoms with Gasteiger partial charge in [-0.25, -0.2) is 9.48 Å². The van der Waals surface area contributed by atoms with E-state index in [1.54, 1.807) is 11.8 Å². The average molecular weight is 287 g/mol. The Labute approximate surface area is 120 Å². The van der Waals surface area contributed by atoms with Crippen molar-refractivity contribution in [3.63, 3.8) is 0 Å². The number of hydrogen-bond donors (Lipinski definition) is 3. The molecule has 110 valence electrons. The molecule has 0 aliphatic rings. The highest BCUT2D eigenvalue weighted by Gasteiger charge is 2.13. The maximum atomic E-state index is 11.3. The number of rotatable bonds is 4. The van der Waals surface area contributed by atoms with Gasteiger partial charge in [0.25, 0.3) is 0 Å². The van der Waals surface area contributed by atoms with E-state index in [2.05, 4.69) is 20.4 Å². The molecule has 7 heteroatoms. The van der Waals surface area contributed by atoms with Crippen LogP contribution in [-0.2, 0) is 13.6 Å². The molecule has 2 heterocycles. The number of nitrogens with one attached hydrogen (secondary N) is 3. The summed E-state index contributed by atoms with van der Waals surface area (Å²) in [5, 5.41) is 7.67. The van der Waals surface area contributed by atoms with Crippen LogP contribution in [0.5, 0.6) is 5.88 Å². The van der Waals surface area contributed by atoms with E-state index in [0.29, 0.717) is 6.54 Å². The summed E-state index contributed by atoms with van der Waals surface area (Å²) in [6, 6.07) is 5.68. The van der Waals surface area contributed by atoms with Crippen LogP contribution in [-0.4, -0.2) is 26.9 Å². The van der Waals surface area contributed by atoms with Gasteiger partial charge in [0.1, 0.15) is 0 Å². The van der Waals surface area contributed by atoms with Gasteiger partial charge in [0.2, 0.25) is 5.88 Å². The van der Waals surface area contributed by atoms with Gasteiger partial charge in [-0.3, -0.25) is 0 Å². The first kappa shape index (κ1) is 13.3. The molecular formula is C14H17N5O2. The van der Waals surface area contributed by atoms with Crippen LogP contribution in [0, 0.1) is 6.92 Å². The molecule has 0 amide bonds. The number of H-pyrrole nitrogens is 2. The quantitative estimate of drug-likeness (QED) is 0.679. The van der Waals surface area contributed by atoms with Crippen LogP contribution >= 0.6 is 0 Å². The molecule has 2 aromatic heterocycles. The number of aromatic nitrogens is 4. The zero-order chi connectivity index (χ0) is 15.0. The van der Waals surface area contributed by atoms with E-state index < -0.39 is 0 Å². The first-order valence-corrected chi connectivity index (χ1v) is 6.61. The zero-order valence-electron chi connectivity index (χ0n) is 12.2. The summed E-state index contributed by atoms with van der Waals surface area (Å²) in [5.74, 6) is 0.746. The summed E-state index contributed by atoms with van der Waals surface area (Å²) in [4.78, 5) is 16.7. The van der Waals surface area contributed by atoms with Crippen LogP contribution in [0.1, 0.15) is 11.3 Å². The number of ether oxygens (including phenoxy) is 1. The maximum Gasteiger partial charge on any atom is 0.323 e. The molecule has 0 unspecified atom stereocenters. The van der Waals surface area contributed by atoms with E-state index in [4.69, 9.17) is 4.74 Å². The molecule has 3 N–H and O–H groups in total. The third-order valence-corrected chi connectivity index (χ3v) is 3.47. The SMILES string of the molecule is COc1c(CNc2ccc3[nH]c(=O)[nH]c3c2)c(C)nn1C. The number of aromatic amines is 2. The zero-order valence-corrected chi connectivity index (χ0v) is 12.2. The van der Waals surface area contributed by atoms with Crippen LogP contribution in [0.3, 0.4) is 0 Å². The summed E-state index contributed by atoms with van der Waals surface area (Å²) in [5.41, 5.74) is 4.23. The Morgan fingerprint density at radius 1 is 1.33 bits per heavy atom. The Morgan fingerprint density at radius 3 is 2.86 bits per heavy atom. The van der Waals surface area contributed by atoms with Crippen molar-refractivity contribution in [2.45, 2.75) is 13.5 Å². The topological polar surface area (TPSA) is 87.7 Å². The first-order valence-electron chi connectivity index (χ1n) is 6.61. The van der Waals surface area contributed by atoms with Crippen molar-refractivity contribution in [1.82, 2.24) is 19.7 Å². The molecule has 0 radical (unpaired) electrons. The molecule has 1 aromatic carbocycles. The Balaban J connectivity index is 1.84. The van der Waals surface area contributed by atoms with E-state index >= 15 is 0 Å². The molecule has 3 rings (SSSR count). The van der Waals surface area contributed by atoms with Gasteiger partial charge < -0.3 is 20.0 Å². The molecule has 0 saturated carbocycles. The number of methoxy groups -OCH3 is 1. The highest BCUT2D eigenvalue weighted by Crippen LogP contribution is 2.23. The number of hydrogen-bond acceptors (Lipinski definition) is 4. The average Bonchev–Trinajstić information content (AvgIpc) is 2.94. The van der Waals surface area contributed by atoms with Crippen molar-refractivity contribution in [3.8, 4) is 5.88 Å². The summed E-state index contributed by atoms with van der Waals surface area (Å²) >= 11 is 0. The lowest BCUT2D eigenvalue weighted by atomic mass is 10.2. The Hall–Kier alpha value is -2.70. The molecule has 3 aromatic rings. The fourth-order valence-electron chi connectivity index (χ4n) is 2.47. The Bertz CT molecular complexity index is 843. The van der Waals surface area contributed by atoms with Crippen molar-refractivity contribution in [3.05, 3.63) is 39.9 Å². The fraction of sp³-hybridized carbons (Fsp3) is 0.286. The lowest BCUT2D eigenvalue weighted by Gasteiger charge is -2.08. The standard InChI is InChI=1S/C14H17N5O2/c1-8-10(13(21-3)19(2)18-8)7-15-9-4-5-11-12(6-9)17-14(20)16-11/h4-6,15H,7H2,1-3H3,(H2,16,17,20). The minimum Gasteiger partial charge on any atom is -0.481 e. The van der Waals surface area contributed by atoms with Crippen LogP contribution in [0.2, 0.25) is 0 Å². The second-order valence-electron chi connectivity index (χ2n) is 4.89. The minimum atomic E-state index is -0.202. The van der Waals surface area contributed by atoms with Crippen molar-refractivity contribution < 1.29 is 4.74 Å². The van der Waals surface area contributed by atoms with Gasteiger partial charge in [-0.1, -0.05) is 0 Å². The van der Waals surface area contributed by atoms with Crippen molar-refractivity contribution in [1.29, 1.82) is 0 Å².